The molecule has 18 heavy (non-hydrogen) atoms. The summed E-state index contributed by atoms with van der Waals surface area (Å²) < 4.78 is 1.02. The van der Waals surface area contributed by atoms with Gasteiger partial charge in [-0.2, -0.15) is 0 Å². The molecule has 0 radical (unpaired) electrons. The monoisotopic (exact) mass is 262 g/mol. The molecule has 0 bridgehead atoms. The third-order valence-corrected chi connectivity index (χ3v) is 3.56. The predicted molar refractivity (Wildman–Crippen MR) is 86.3 cm³/mol. The highest BCUT2D eigenvalue weighted by atomic mass is 32.1. The second-order valence-corrected chi connectivity index (χ2v) is 4.35. The minimum absolute atomic E-state index is 0.0671. The third-order valence-electron chi connectivity index (χ3n) is 2.31. The molecule has 0 aliphatic carbocycles. The molecule has 1 aromatic heterocycles. The lowest BCUT2D eigenvalue weighted by molar-refractivity contribution is 1.47. The SMILES string of the molecule is C=Cc1c(/C=C\C)sc(=C/C)/c(=C\C)c1=O.CC. The van der Waals surface area contributed by atoms with Crippen molar-refractivity contribution in [1.29, 1.82) is 0 Å². The number of rotatable bonds is 2. The second kappa shape index (κ2) is 8.65. The Balaban J connectivity index is 0.00000137. The number of allylic oxidation sites excluding steroid dienone is 1. The molecule has 0 saturated heterocycles. The quantitative estimate of drug-likeness (QED) is 0.798. The summed E-state index contributed by atoms with van der Waals surface area (Å²) in [5, 5.41) is 0.774. The van der Waals surface area contributed by atoms with Crippen LogP contribution in [-0.2, 0) is 0 Å². The first-order valence-corrected chi connectivity index (χ1v) is 7.06. The van der Waals surface area contributed by atoms with E-state index in [1.54, 1.807) is 17.4 Å². The molecule has 1 nitrogen and oxygen atoms in total. The molecule has 0 fully saturated rings. The van der Waals surface area contributed by atoms with Crippen molar-refractivity contribution in [2.45, 2.75) is 34.6 Å². The smallest absolute Gasteiger partial charge is 0.195 e. The van der Waals surface area contributed by atoms with Crippen LogP contribution in [0.15, 0.2) is 17.4 Å². The van der Waals surface area contributed by atoms with E-state index in [4.69, 9.17) is 0 Å². The van der Waals surface area contributed by atoms with Crippen molar-refractivity contribution in [2.24, 2.45) is 0 Å². The number of hydrogen-bond acceptors (Lipinski definition) is 2. The van der Waals surface area contributed by atoms with Crippen LogP contribution < -0.4 is 15.2 Å². The van der Waals surface area contributed by atoms with Gasteiger partial charge >= 0.3 is 0 Å². The van der Waals surface area contributed by atoms with Crippen LogP contribution in [0.5, 0.6) is 0 Å². The standard InChI is InChI=1S/C14H16OS.C2H6/c1-5-9-13-11(7-3)14(15)10(6-2)12(8-4)16-13;1-2/h5-9H,3H2,1-2,4H3;1-2H3/b9-5-,10-6+,12-8+;. The first-order chi connectivity index (χ1) is 8.69. The highest BCUT2D eigenvalue weighted by Crippen LogP contribution is 2.09. The first-order valence-electron chi connectivity index (χ1n) is 6.24. The van der Waals surface area contributed by atoms with Gasteiger partial charge in [0.25, 0.3) is 0 Å². The van der Waals surface area contributed by atoms with Crippen molar-refractivity contribution < 1.29 is 0 Å². The molecule has 0 spiro atoms. The molecule has 0 aliphatic rings. The van der Waals surface area contributed by atoms with E-state index in [1.807, 2.05) is 58.9 Å². The van der Waals surface area contributed by atoms with Gasteiger partial charge in [0.15, 0.2) is 5.43 Å². The Hall–Kier alpha value is -1.41. The maximum atomic E-state index is 12.2. The van der Waals surface area contributed by atoms with Gasteiger partial charge in [-0.25, -0.2) is 0 Å². The summed E-state index contributed by atoms with van der Waals surface area (Å²) in [5.41, 5.74) is 0.763. The minimum atomic E-state index is 0.0671. The maximum Gasteiger partial charge on any atom is 0.195 e. The molecule has 0 N–H and O–H groups in total. The van der Waals surface area contributed by atoms with Gasteiger partial charge in [0.05, 0.1) is 0 Å². The van der Waals surface area contributed by atoms with Crippen molar-refractivity contribution >= 4 is 35.6 Å². The molecule has 0 aromatic carbocycles. The highest BCUT2D eigenvalue weighted by Gasteiger charge is 2.04. The molecule has 0 aliphatic heterocycles. The molecule has 0 unspecified atom stereocenters. The largest absolute Gasteiger partial charge is 0.289 e. The maximum absolute atomic E-state index is 12.2. The topological polar surface area (TPSA) is 17.1 Å². The predicted octanol–water partition coefficient (Wildman–Crippen LogP) is 3.41. The summed E-state index contributed by atoms with van der Waals surface area (Å²) >= 11 is 1.62. The van der Waals surface area contributed by atoms with Gasteiger partial charge in [0, 0.05) is 20.2 Å². The molecule has 0 atom stereocenters. The Kier molecular flexibility index (Phi) is 7.97. The van der Waals surface area contributed by atoms with Gasteiger partial charge in [-0.1, -0.05) is 44.7 Å². The summed E-state index contributed by atoms with van der Waals surface area (Å²) in [4.78, 5) is 13.1. The van der Waals surface area contributed by atoms with Crippen LogP contribution in [0.25, 0.3) is 24.3 Å². The molecule has 2 heteroatoms. The molecule has 1 rings (SSSR count). The summed E-state index contributed by atoms with van der Waals surface area (Å²) in [6.07, 6.45) is 9.37. The van der Waals surface area contributed by atoms with E-state index in [-0.39, 0.29) is 5.43 Å². The van der Waals surface area contributed by atoms with E-state index < -0.39 is 0 Å². The van der Waals surface area contributed by atoms with Crippen LogP contribution >= 0.6 is 11.3 Å². The lowest BCUT2D eigenvalue weighted by atomic mass is 10.2. The fraction of sp³-hybridized carbons (Fsp3) is 0.312. The van der Waals surface area contributed by atoms with E-state index in [2.05, 4.69) is 6.58 Å². The summed E-state index contributed by atoms with van der Waals surface area (Å²) in [7, 11) is 0. The Morgan fingerprint density at radius 3 is 2.11 bits per heavy atom. The van der Waals surface area contributed by atoms with E-state index >= 15 is 0 Å². The summed E-state index contributed by atoms with van der Waals surface area (Å²) in [6, 6.07) is 0. The van der Waals surface area contributed by atoms with Crippen LogP contribution in [0.2, 0.25) is 0 Å². The number of hydrogen-bond donors (Lipinski definition) is 0. The van der Waals surface area contributed by atoms with Crippen LogP contribution in [0, 0.1) is 0 Å². The summed E-state index contributed by atoms with van der Waals surface area (Å²) in [5.74, 6) is 0. The molecule has 1 aromatic rings. The highest BCUT2D eigenvalue weighted by molar-refractivity contribution is 7.10. The molecule has 0 saturated carbocycles. The Morgan fingerprint density at radius 2 is 1.72 bits per heavy atom. The fourth-order valence-corrected chi connectivity index (χ4v) is 2.72. The van der Waals surface area contributed by atoms with Crippen LogP contribution in [0.1, 0.15) is 45.1 Å². The van der Waals surface area contributed by atoms with Crippen molar-refractivity contribution in [3.63, 3.8) is 0 Å². The van der Waals surface area contributed by atoms with E-state index in [0.29, 0.717) is 5.56 Å². The Morgan fingerprint density at radius 1 is 1.11 bits per heavy atom. The Bertz CT molecular complexity index is 589. The van der Waals surface area contributed by atoms with Gasteiger partial charge in [0.1, 0.15) is 0 Å². The van der Waals surface area contributed by atoms with Crippen molar-refractivity contribution in [1.82, 2.24) is 0 Å². The van der Waals surface area contributed by atoms with Crippen molar-refractivity contribution in [3.05, 3.63) is 43.1 Å². The summed E-state index contributed by atoms with van der Waals surface area (Å²) in [6.45, 7) is 13.5. The van der Waals surface area contributed by atoms with Crippen molar-refractivity contribution in [3.8, 4) is 0 Å². The zero-order valence-corrected chi connectivity index (χ0v) is 12.7. The average molecular weight is 262 g/mol. The molecule has 1 heterocycles. The second-order valence-electron chi connectivity index (χ2n) is 3.27. The van der Waals surface area contributed by atoms with Gasteiger partial charge in [-0.05, 0) is 26.8 Å². The third kappa shape index (κ3) is 3.54. The van der Waals surface area contributed by atoms with Crippen LogP contribution in [-0.4, -0.2) is 0 Å². The van der Waals surface area contributed by atoms with Crippen LogP contribution in [0.4, 0.5) is 0 Å². The van der Waals surface area contributed by atoms with Gasteiger partial charge in [-0.3, -0.25) is 4.79 Å². The zero-order valence-electron chi connectivity index (χ0n) is 11.9. The van der Waals surface area contributed by atoms with E-state index in [0.717, 1.165) is 14.6 Å². The van der Waals surface area contributed by atoms with Gasteiger partial charge < -0.3 is 0 Å². The van der Waals surface area contributed by atoms with Crippen LogP contribution in [0.3, 0.4) is 0 Å². The molecular formula is C16H22OS. The zero-order chi connectivity index (χ0) is 14.1. The van der Waals surface area contributed by atoms with Gasteiger partial charge in [0.2, 0.25) is 0 Å². The molecule has 0 amide bonds. The lowest BCUT2D eigenvalue weighted by Gasteiger charge is -1.99. The minimum Gasteiger partial charge on any atom is -0.289 e. The lowest BCUT2D eigenvalue weighted by Crippen LogP contribution is -2.38. The normalized spacial score (nSPS) is 12.5. The average Bonchev–Trinajstić information content (AvgIpc) is 2.41. The van der Waals surface area contributed by atoms with Gasteiger partial charge in [-0.15, -0.1) is 11.3 Å². The first kappa shape index (κ1) is 16.6. The molecule has 98 valence electrons. The van der Waals surface area contributed by atoms with E-state index in [1.165, 1.54) is 0 Å². The van der Waals surface area contributed by atoms with Crippen molar-refractivity contribution in [2.75, 3.05) is 0 Å². The van der Waals surface area contributed by atoms with E-state index in [9.17, 15) is 4.79 Å². The molecular weight excluding hydrogens is 240 g/mol. The fourth-order valence-electron chi connectivity index (χ4n) is 1.55. The Labute approximate surface area is 114 Å².